The van der Waals surface area contributed by atoms with Gasteiger partial charge in [0, 0.05) is 43.2 Å². The summed E-state index contributed by atoms with van der Waals surface area (Å²) < 4.78 is 7.45. The summed E-state index contributed by atoms with van der Waals surface area (Å²) in [7, 11) is 0. The molecule has 4 aromatic rings. The quantitative estimate of drug-likeness (QED) is 0.481. The van der Waals surface area contributed by atoms with Crippen LogP contribution < -0.4 is 9.80 Å². The zero-order chi connectivity index (χ0) is 22.2. The molecule has 8 nitrogen and oxygen atoms in total. The monoisotopic (exact) mass is 439 g/mol. The molecule has 1 aromatic carbocycles. The minimum absolute atomic E-state index is 0.682. The van der Waals surface area contributed by atoms with Crippen LogP contribution in [-0.2, 0) is 11.2 Å². The van der Waals surface area contributed by atoms with Crippen LogP contribution in [0.4, 0.5) is 17.5 Å². The van der Waals surface area contributed by atoms with E-state index in [-0.39, 0.29) is 0 Å². The number of hydrogen-bond donors (Lipinski definition) is 0. The van der Waals surface area contributed by atoms with E-state index in [1.54, 1.807) is 6.20 Å². The van der Waals surface area contributed by atoms with Crippen LogP contribution in [0.15, 0.2) is 61.1 Å². The number of fused-ring (bicyclic) bond motifs is 1. The number of morpholine rings is 1. The van der Waals surface area contributed by atoms with Crippen molar-refractivity contribution in [2.45, 2.75) is 13.3 Å². The number of pyridine rings is 1. The maximum Gasteiger partial charge on any atom is 0.229 e. The van der Waals surface area contributed by atoms with Gasteiger partial charge in [-0.2, -0.15) is 15.1 Å². The number of hydrogen-bond acceptors (Lipinski definition) is 7. The molecule has 0 amide bonds. The zero-order valence-electron chi connectivity index (χ0n) is 18.6. The van der Waals surface area contributed by atoms with Gasteiger partial charge in [-0.15, -0.1) is 0 Å². The molecule has 33 heavy (non-hydrogen) atoms. The van der Waals surface area contributed by atoms with Crippen LogP contribution in [0.2, 0.25) is 0 Å². The molecular formula is C25H25N7O. The first-order valence-electron chi connectivity index (χ1n) is 11.3. The fraction of sp³-hybridized carbons (Fsp3) is 0.280. The van der Waals surface area contributed by atoms with Gasteiger partial charge in [0.15, 0.2) is 5.82 Å². The lowest BCUT2D eigenvalue weighted by Crippen LogP contribution is -2.37. The van der Waals surface area contributed by atoms with Gasteiger partial charge in [0.05, 0.1) is 30.8 Å². The molecule has 0 N–H and O–H groups in total. The van der Waals surface area contributed by atoms with E-state index in [0.29, 0.717) is 13.2 Å². The van der Waals surface area contributed by atoms with E-state index >= 15 is 0 Å². The van der Waals surface area contributed by atoms with Gasteiger partial charge in [-0.05, 0) is 37.6 Å². The fourth-order valence-electron chi connectivity index (χ4n) is 4.49. The van der Waals surface area contributed by atoms with Crippen LogP contribution in [0.3, 0.4) is 0 Å². The largest absolute Gasteiger partial charge is 0.378 e. The SMILES string of the molecule is Cc1cccc(-c2ccn(-c3nc(N4CCOCC4)nc4c3CCN4c3cccnc3)n2)c1. The zero-order valence-corrected chi connectivity index (χ0v) is 18.6. The molecule has 1 fully saturated rings. The summed E-state index contributed by atoms with van der Waals surface area (Å²) in [6.45, 7) is 5.85. The summed E-state index contributed by atoms with van der Waals surface area (Å²) in [6, 6.07) is 14.5. The van der Waals surface area contributed by atoms with E-state index in [0.717, 1.165) is 66.1 Å². The van der Waals surface area contributed by atoms with Gasteiger partial charge in [-0.1, -0.05) is 23.8 Å². The van der Waals surface area contributed by atoms with Gasteiger partial charge in [0.2, 0.25) is 5.95 Å². The average molecular weight is 440 g/mol. The number of aryl methyl sites for hydroxylation is 1. The molecule has 0 bridgehead atoms. The van der Waals surface area contributed by atoms with E-state index in [1.165, 1.54) is 5.56 Å². The standard InChI is InChI=1S/C25H25N7O/c1-18-4-2-5-19(16-18)22-8-11-32(29-22)24-21-7-10-31(20-6-3-9-26-17-20)23(21)27-25(28-24)30-12-14-33-15-13-30/h2-6,8-9,11,16-17H,7,10,12-15H2,1H3. The van der Waals surface area contributed by atoms with Crippen LogP contribution in [-0.4, -0.2) is 57.6 Å². The summed E-state index contributed by atoms with van der Waals surface area (Å²) >= 11 is 0. The second-order valence-electron chi connectivity index (χ2n) is 8.38. The Balaban J connectivity index is 1.46. The molecule has 2 aliphatic rings. The number of ether oxygens (including phenoxy) is 1. The normalized spacial score (nSPS) is 15.7. The first-order valence-corrected chi connectivity index (χ1v) is 11.3. The smallest absolute Gasteiger partial charge is 0.229 e. The van der Waals surface area contributed by atoms with Crippen molar-refractivity contribution in [1.82, 2.24) is 24.7 Å². The molecule has 0 spiro atoms. The topological polar surface area (TPSA) is 72.2 Å². The first-order chi connectivity index (χ1) is 16.3. The Labute approximate surface area is 192 Å². The van der Waals surface area contributed by atoms with Gasteiger partial charge in [-0.3, -0.25) is 4.98 Å². The molecule has 5 heterocycles. The van der Waals surface area contributed by atoms with Crippen LogP contribution in [0, 0.1) is 6.92 Å². The second kappa shape index (κ2) is 8.29. The van der Waals surface area contributed by atoms with Crippen LogP contribution in [0.5, 0.6) is 0 Å². The minimum atomic E-state index is 0.682. The van der Waals surface area contributed by atoms with Crippen molar-refractivity contribution < 1.29 is 4.74 Å². The molecule has 0 aliphatic carbocycles. The molecule has 0 radical (unpaired) electrons. The van der Waals surface area contributed by atoms with Crippen molar-refractivity contribution in [3.05, 3.63) is 72.2 Å². The van der Waals surface area contributed by atoms with Gasteiger partial charge in [-0.25, -0.2) is 4.68 Å². The van der Waals surface area contributed by atoms with E-state index in [2.05, 4.69) is 52.0 Å². The first kappa shape index (κ1) is 19.9. The third-order valence-corrected chi connectivity index (χ3v) is 6.16. The van der Waals surface area contributed by atoms with E-state index in [4.69, 9.17) is 19.8 Å². The lowest BCUT2D eigenvalue weighted by molar-refractivity contribution is 0.122. The number of rotatable bonds is 4. The predicted octanol–water partition coefficient (Wildman–Crippen LogP) is 3.56. The van der Waals surface area contributed by atoms with Gasteiger partial charge >= 0.3 is 0 Å². The van der Waals surface area contributed by atoms with Gasteiger partial charge in [0.1, 0.15) is 5.82 Å². The summed E-state index contributed by atoms with van der Waals surface area (Å²) in [5, 5.41) is 4.91. The highest BCUT2D eigenvalue weighted by Gasteiger charge is 2.29. The molecule has 0 atom stereocenters. The molecule has 0 unspecified atom stereocenters. The Morgan fingerprint density at radius 2 is 1.82 bits per heavy atom. The molecule has 0 saturated carbocycles. The van der Waals surface area contributed by atoms with Crippen molar-refractivity contribution in [2.24, 2.45) is 0 Å². The Kier molecular flexibility index (Phi) is 4.99. The summed E-state index contributed by atoms with van der Waals surface area (Å²) in [5.74, 6) is 2.49. The summed E-state index contributed by atoms with van der Waals surface area (Å²) in [6.07, 6.45) is 6.52. The van der Waals surface area contributed by atoms with Gasteiger partial charge < -0.3 is 14.5 Å². The lowest BCUT2D eigenvalue weighted by atomic mass is 10.1. The maximum atomic E-state index is 5.55. The van der Waals surface area contributed by atoms with E-state index in [1.807, 2.05) is 29.2 Å². The van der Waals surface area contributed by atoms with Crippen LogP contribution >= 0.6 is 0 Å². The van der Waals surface area contributed by atoms with Crippen molar-refractivity contribution in [3.63, 3.8) is 0 Å². The Bertz CT molecular complexity index is 1280. The molecule has 2 aliphatic heterocycles. The Morgan fingerprint density at radius 3 is 2.64 bits per heavy atom. The Hall–Kier alpha value is -3.78. The van der Waals surface area contributed by atoms with Crippen molar-refractivity contribution >= 4 is 17.5 Å². The van der Waals surface area contributed by atoms with Crippen LogP contribution in [0.25, 0.3) is 17.1 Å². The highest BCUT2D eigenvalue weighted by Crippen LogP contribution is 2.37. The summed E-state index contributed by atoms with van der Waals surface area (Å²) in [5.41, 5.74) is 5.39. The van der Waals surface area contributed by atoms with Crippen molar-refractivity contribution in [1.29, 1.82) is 0 Å². The molecule has 166 valence electrons. The molecule has 1 saturated heterocycles. The Morgan fingerprint density at radius 1 is 0.939 bits per heavy atom. The highest BCUT2D eigenvalue weighted by molar-refractivity contribution is 5.70. The third-order valence-electron chi connectivity index (χ3n) is 6.16. The maximum absolute atomic E-state index is 5.55. The number of anilines is 3. The van der Waals surface area contributed by atoms with Crippen LogP contribution in [0.1, 0.15) is 11.1 Å². The fourth-order valence-corrected chi connectivity index (χ4v) is 4.49. The molecule has 3 aromatic heterocycles. The van der Waals surface area contributed by atoms with E-state index < -0.39 is 0 Å². The number of benzene rings is 1. The predicted molar refractivity (Wildman–Crippen MR) is 127 cm³/mol. The molecule has 6 rings (SSSR count). The number of aromatic nitrogens is 5. The molecule has 8 heteroatoms. The minimum Gasteiger partial charge on any atom is -0.378 e. The summed E-state index contributed by atoms with van der Waals surface area (Å²) in [4.78, 5) is 18.7. The highest BCUT2D eigenvalue weighted by atomic mass is 16.5. The lowest BCUT2D eigenvalue weighted by Gasteiger charge is -2.28. The van der Waals surface area contributed by atoms with Crippen molar-refractivity contribution in [2.75, 3.05) is 42.6 Å². The molecular weight excluding hydrogens is 414 g/mol. The number of nitrogens with zero attached hydrogens (tertiary/aromatic N) is 7. The van der Waals surface area contributed by atoms with Crippen molar-refractivity contribution in [3.8, 4) is 17.1 Å². The third kappa shape index (κ3) is 3.72. The second-order valence-corrected chi connectivity index (χ2v) is 8.38. The van der Waals surface area contributed by atoms with Gasteiger partial charge in [0.25, 0.3) is 0 Å². The van der Waals surface area contributed by atoms with E-state index in [9.17, 15) is 0 Å². The average Bonchev–Trinajstić information content (AvgIpc) is 3.52.